The summed E-state index contributed by atoms with van der Waals surface area (Å²) >= 11 is 0. The summed E-state index contributed by atoms with van der Waals surface area (Å²) < 4.78 is 0. The van der Waals surface area contributed by atoms with E-state index in [4.69, 9.17) is 0 Å². The molecular weight excluding hydrogens is 308 g/mol. The number of aryl methyl sites for hydroxylation is 1. The molecule has 2 aliphatic rings. The number of carbonyl (C=O) groups is 1. The smallest absolute Gasteiger partial charge is 0.247 e. The summed E-state index contributed by atoms with van der Waals surface area (Å²) in [5.41, 5.74) is 7.42. The lowest BCUT2D eigenvalue weighted by Gasteiger charge is -2.34. The van der Waals surface area contributed by atoms with Gasteiger partial charge in [-0.1, -0.05) is 48.0 Å². The van der Waals surface area contributed by atoms with Crippen LogP contribution in [0.5, 0.6) is 0 Å². The van der Waals surface area contributed by atoms with Gasteiger partial charge in [0.1, 0.15) is 0 Å². The van der Waals surface area contributed by atoms with E-state index in [0.29, 0.717) is 12.6 Å². The van der Waals surface area contributed by atoms with E-state index in [2.05, 4.69) is 54.5 Å². The van der Waals surface area contributed by atoms with Crippen LogP contribution in [0.4, 0.5) is 0 Å². The van der Waals surface area contributed by atoms with Crippen LogP contribution in [0.3, 0.4) is 0 Å². The van der Waals surface area contributed by atoms with E-state index in [1.807, 2.05) is 18.2 Å². The topological polar surface area (TPSA) is 32.3 Å². The van der Waals surface area contributed by atoms with Crippen molar-refractivity contribution in [3.63, 3.8) is 0 Å². The molecule has 1 heterocycles. The van der Waals surface area contributed by atoms with Crippen molar-refractivity contribution in [3.8, 4) is 0 Å². The first kappa shape index (κ1) is 16.1. The highest BCUT2D eigenvalue weighted by atomic mass is 16.1. The minimum atomic E-state index is 0.0691. The van der Waals surface area contributed by atoms with Crippen LogP contribution >= 0.6 is 0 Å². The third-order valence-electron chi connectivity index (χ3n) is 5.42. The minimum absolute atomic E-state index is 0.0691. The largest absolute Gasteiger partial charge is 0.351 e. The molecule has 1 N–H and O–H groups in total. The molecule has 1 atom stereocenters. The minimum Gasteiger partial charge on any atom is -0.351 e. The van der Waals surface area contributed by atoms with Gasteiger partial charge in [-0.15, -0.1) is 0 Å². The van der Waals surface area contributed by atoms with Crippen LogP contribution in [0.1, 0.15) is 27.8 Å². The van der Waals surface area contributed by atoms with Gasteiger partial charge in [0, 0.05) is 31.1 Å². The average molecular weight is 332 g/mol. The van der Waals surface area contributed by atoms with Gasteiger partial charge in [0.15, 0.2) is 0 Å². The Hall–Kier alpha value is -2.39. The fourth-order valence-corrected chi connectivity index (χ4v) is 3.88. The molecule has 0 radical (unpaired) electrons. The second kappa shape index (κ2) is 6.49. The summed E-state index contributed by atoms with van der Waals surface area (Å²) in [5.74, 6) is 0.0691. The van der Waals surface area contributed by atoms with Crippen molar-refractivity contribution >= 4 is 12.0 Å². The quantitative estimate of drug-likeness (QED) is 0.937. The Morgan fingerprint density at radius 3 is 2.84 bits per heavy atom. The summed E-state index contributed by atoms with van der Waals surface area (Å²) in [7, 11) is 2.14. The van der Waals surface area contributed by atoms with E-state index in [-0.39, 0.29) is 5.91 Å². The maximum absolute atomic E-state index is 12.6. The Labute approximate surface area is 149 Å². The molecule has 1 amide bonds. The molecule has 0 fully saturated rings. The van der Waals surface area contributed by atoms with Crippen molar-refractivity contribution in [2.75, 3.05) is 13.6 Å². The molecule has 1 aliphatic carbocycles. The first-order valence-electron chi connectivity index (χ1n) is 8.95. The van der Waals surface area contributed by atoms with E-state index < -0.39 is 0 Å². The van der Waals surface area contributed by atoms with Crippen LogP contribution in [0.15, 0.2) is 48.0 Å². The number of hydrogen-bond donors (Lipinski definition) is 1. The van der Waals surface area contributed by atoms with E-state index in [1.165, 1.54) is 27.8 Å². The van der Waals surface area contributed by atoms with Crippen molar-refractivity contribution in [2.24, 2.45) is 0 Å². The number of likely N-dealkylation sites (N-methyl/N-ethyl adjacent to an activating group) is 1. The number of fused-ring (bicyclic) bond motifs is 2. The van der Waals surface area contributed by atoms with Crippen LogP contribution in [0.25, 0.3) is 6.08 Å². The number of benzene rings is 2. The lowest BCUT2D eigenvalue weighted by molar-refractivity contribution is -0.117. The zero-order chi connectivity index (χ0) is 17.4. The molecular formula is C22H24N2O. The molecule has 0 saturated heterocycles. The van der Waals surface area contributed by atoms with Crippen molar-refractivity contribution in [2.45, 2.75) is 32.4 Å². The van der Waals surface area contributed by atoms with Gasteiger partial charge in [0.05, 0.1) is 0 Å². The molecule has 3 nitrogen and oxygen atoms in total. The van der Waals surface area contributed by atoms with Crippen molar-refractivity contribution in [3.05, 3.63) is 75.9 Å². The summed E-state index contributed by atoms with van der Waals surface area (Å²) in [5, 5.41) is 3.16. The van der Waals surface area contributed by atoms with E-state index in [9.17, 15) is 4.79 Å². The molecule has 0 bridgehead atoms. The van der Waals surface area contributed by atoms with Gasteiger partial charge in [0.25, 0.3) is 0 Å². The van der Waals surface area contributed by atoms with E-state index in [1.54, 1.807) is 0 Å². The third kappa shape index (κ3) is 3.24. The lowest BCUT2D eigenvalue weighted by atomic mass is 9.93. The molecule has 1 aliphatic heterocycles. The Balaban J connectivity index is 1.40. The van der Waals surface area contributed by atoms with Gasteiger partial charge < -0.3 is 5.32 Å². The van der Waals surface area contributed by atoms with Gasteiger partial charge >= 0.3 is 0 Å². The Kier molecular flexibility index (Phi) is 4.18. The molecule has 0 unspecified atom stereocenters. The van der Waals surface area contributed by atoms with Crippen molar-refractivity contribution in [1.82, 2.24) is 10.2 Å². The highest BCUT2D eigenvalue weighted by Gasteiger charge is 2.25. The normalized spacial score (nSPS) is 19.1. The standard InChI is InChI=1S/C22H24N2O/c1-15-7-8-18-14-24(2)21(12-19(18)9-15)13-23-22(25)20-10-16-5-3-4-6-17(16)11-20/h3-10,21H,11-14H2,1-2H3,(H,23,25)/t21-/m1/s1. The molecule has 2 aromatic carbocycles. The lowest BCUT2D eigenvalue weighted by Crippen LogP contribution is -2.45. The number of nitrogens with zero attached hydrogens (tertiary/aromatic N) is 1. The summed E-state index contributed by atoms with van der Waals surface area (Å²) in [4.78, 5) is 14.9. The molecule has 2 aromatic rings. The van der Waals surface area contributed by atoms with Crippen LogP contribution in [0.2, 0.25) is 0 Å². The fraction of sp³-hybridized carbons (Fsp3) is 0.318. The van der Waals surface area contributed by atoms with Crippen molar-refractivity contribution in [1.29, 1.82) is 0 Å². The van der Waals surface area contributed by atoms with Crippen LogP contribution in [0, 0.1) is 6.92 Å². The summed E-state index contributed by atoms with van der Waals surface area (Å²) in [6.45, 7) is 3.78. The monoisotopic (exact) mass is 332 g/mol. The fourth-order valence-electron chi connectivity index (χ4n) is 3.88. The number of hydrogen-bond acceptors (Lipinski definition) is 2. The zero-order valence-corrected chi connectivity index (χ0v) is 14.9. The summed E-state index contributed by atoms with van der Waals surface area (Å²) in [6, 6.07) is 15.3. The molecule has 128 valence electrons. The molecule has 0 spiro atoms. The predicted octanol–water partition coefficient (Wildman–Crippen LogP) is 3.11. The van der Waals surface area contributed by atoms with Gasteiger partial charge in [-0.3, -0.25) is 9.69 Å². The first-order valence-corrected chi connectivity index (χ1v) is 8.95. The highest BCUT2D eigenvalue weighted by Crippen LogP contribution is 2.25. The summed E-state index contributed by atoms with van der Waals surface area (Å²) in [6.07, 6.45) is 3.76. The second-order valence-corrected chi connectivity index (χ2v) is 7.30. The van der Waals surface area contributed by atoms with Gasteiger partial charge in [-0.2, -0.15) is 0 Å². The zero-order valence-electron chi connectivity index (χ0n) is 14.9. The third-order valence-corrected chi connectivity index (χ3v) is 5.42. The van der Waals surface area contributed by atoms with Crippen molar-refractivity contribution < 1.29 is 4.79 Å². The van der Waals surface area contributed by atoms with E-state index in [0.717, 1.165) is 25.0 Å². The number of carbonyl (C=O) groups excluding carboxylic acids is 1. The maximum Gasteiger partial charge on any atom is 0.247 e. The van der Waals surface area contributed by atoms with Gasteiger partial charge in [0.2, 0.25) is 5.91 Å². The Morgan fingerprint density at radius 1 is 1.16 bits per heavy atom. The number of amides is 1. The van der Waals surface area contributed by atoms with E-state index >= 15 is 0 Å². The van der Waals surface area contributed by atoms with Crippen LogP contribution in [-0.4, -0.2) is 30.4 Å². The highest BCUT2D eigenvalue weighted by molar-refractivity contribution is 6.00. The van der Waals surface area contributed by atoms with Crippen LogP contribution in [-0.2, 0) is 24.2 Å². The second-order valence-electron chi connectivity index (χ2n) is 7.30. The maximum atomic E-state index is 12.6. The molecule has 25 heavy (non-hydrogen) atoms. The van der Waals surface area contributed by atoms with Gasteiger partial charge in [-0.25, -0.2) is 0 Å². The predicted molar refractivity (Wildman–Crippen MR) is 101 cm³/mol. The molecule has 0 saturated carbocycles. The molecule has 3 heteroatoms. The average Bonchev–Trinajstić information content (AvgIpc) is 3.04. The van der Waals surface area contributed by atoms with Crippen LogP contribution < -0.4 is 5.32 Å². The SMILES string of the molecule is Cc1ccc2c(c1)C[C@H](CNC(=O)C1=Cc3ccccc3C1)N(C)C2. The Morgan fingerprint density at radius 2 is 2.00 bits per heavy atom. The molecule has 0 aromatic heterocycles. The number of nitrogens with one attached hydrogen (secondary N) is 1. The first-order chi connectivity index (χ1) is 12.1. The molecule has 4 rings (SSSR count). The van der Waals surface area contributed by atoms with Gasteiger partial charge in [-0.05, 0) is 48.7 Å². The Bertz CT molecular complexity index is 853. The number of rotatable bonds is 3.